The smallest absolute Gasteiger partial charge is 0.411 e. The Morgan fingerprint density at radius 3 is 1.50 bits per heavy atom. The number of fused-ring (bicyclic) bond motifs is 7. The minimum absolute atomic E-state index is 0.225. The molecule has 0 spiro atoms. The van der Waals surface area contributed by atoms with Crippen molar-refractivity contribution in [3.8, 4) is 0 Å². The summed E-state index contributed by atoms with van der Waals surface area (Å²) in [6.45, 7) is 1.18. The number of likely N-dealkylation sites (tertiary alicyclic amines) is 2. The number of nitrogens with zero attached hydrogens (tertiary/aromatic N) is 4. The minimum Gasteiger partial charge on any atom is -0.453 e. The number of anilines is 2. The highest BCUT2D eigenvalue weighted by Crippen LogP contribution is 2.68. The van der Waals surface area contributed by atoms with Crippen molar-refractivity contribution in [1.29, 1.82) is 0 Å². The molecule has 0 bridgehead atoms. The normalized spacial score (nSPS) is 30.7. The van der Waals surface area contributed by atoms with Crippen molar-refractivity contribution in [2.45, 2.75) is 36.0 Å². The quantitative estimate of drug-likeness (QED) is 0.648. The van der Waals surface area contributed by atoms with Gasteiger partial charge in [-0.25, -0.2) is 9.59 Å². The third kappa shape index (κ3) is 2.19. The molecule has 0 saturated carbocycles. The van der Waals surface area contributed by atoms with Crippen LogP contribution in [0.3, 0.4) is 0 Å². The van der Waals surface area contributed by atoms with Crippen LogP contribution in [0, 0.1) is 0 Å². The maximum Gasteiger partial charge on any atom is 0.411 e. The number of para-hydroxylation sites is 2. The van der Waals surface area contributed by atoms with E-state index >= 15 is 0 Å². The van der Waals surface area contributed by atoms with Gasteiger partial charge in [-0.2, -0.15) is 0 Å². The molecule has 2 aromatic rings. The van der Waals surface area contributed by atoms with E-state index in [1.807, 2.05) is 21.9 Å². The lowest BCUT2D eigenvalue weighted by Crippen LogP contribution is -2.64. The molecule has 0 aromatic heterocycles. The Balaban J connectivity index is 1.66. The highest BCUT2D eigenvalue weighted by atomic mass is 16.5. The molecule has 178 valence electrons. The lowest BCUT2D eigenvalue weighted by molar-refractivity contribution is 0.0804. The number of benzene rings is 2. The van der Waals surface area contributed by atoms with Gasteiger partial charge in [-0.3, -0.25) is 9.80 Å². The topological polar surface area (TPSA) is 65.6 Å². The lowest BCUT2D eigenvalue weighted by Gasteiger charge is -2.49. The van der Waals surface area contributed by atoms with E-state index in [9.17, 15) is 9.59 Å². The first-order valence-electron chi connectivity index (χ1n) is 11.8. The zero-order chi connectivity index (χ0) is 23.8. The molecule has 4 aliphatic rings. The summed E-state index contributed by atoms with van der Waals surface area (Å²) in [5, 5.41) is 0. The van der Waals surface area contributed by atoms with E-state index in [2.05, 4.69) is 60.3 Å². The number of hydrogen-bond donors (Lipinski definition) is 0. The predicted octanol–water partition coefficient (Wildman–Crippen LogP) is 3.36. The zero-order valence-corrected chi connectivity index (χ0v) is 20.0. The Morgan fingerprint density at radius 2 is 1.12 bits per heavy atom. The molecule has 2 fully saturated rings. The second-order valence-corrected chi connectivity index (χ2v) is 9.77. The fraction of sp³-hybridized carbons (Fsp3) is 0.462. The number of likely N-dealkylation sites (N-methyl/N-ethyl adjacent to an activating group) is 2. The summed E-state index contributed by atoms with van der Waals surface area (Å²) in [6, 6.07) is 16.9. The SMILES string of the molecule is COC(=O)N1CC[C@@]2([C@@]34CCN(C(=O)OC)[C@@H]3N(C)c3ccccc34)c3ccccc3N(C)[C@@H]12. The van der Waals surface area contributed by atoms with Crippen LogP contribution in [0.4, 0.5) is 21.0 Å². The van der Waals surface area contributed by atoms with Gasteiger partial charge in [-0.1, -0.05) is 36.4 Å². The maximum atomic E-state index is 13.0. The molecule has 2 saturated heterocycles. The number of ether oxygens (including phenoxy) is 2. The van der Waals surface area contributed by atoms with Crippen molar-refractivity contribution >= 4 is 23.6 Å². The summed E-state index contributed by atoms with van der Waals surface area (Å²) in [5.41, 5.74) is 3.85. The van der Waals surface area contributed by atoms with E-state index in [-0.39, 0.29) is 24.5 Å². The molecule has 0 radical (unpaired) electrons. The van der Waals surface area contributed by atoms with Crippen molar-refractivity contribution in [2.75, 3.05) is 51.2 Å². The molecule has 6 rings (SSSR count). The van der Waals surface area contributed by atoms with E-state index in [0.717, 1.165) is 24.2 Å². The van der Waals surface area contributed by atoms with Gasteiger partial charge in [-0.15, -0.1) is 0 Å². The van der Waals surface area contributed by atoms with Crippen molar-refractivity contribution in [2.24, 2.45) is 0 Å². The number of hydrogen-bond acceptors (Lipinski definition) is 6. The van der Waals surface area contributed by atoms with Crippen molar-refractivity contribution in [3.63, 3.8) is 0 Å². The summed E-state index contributed by atoms with van der Waals surface area (Å²) >= 11 is 0. The van der Waals surface area contributed by atoms with Gasteiger partial charge in [0.15, 0.2) is 0 Å². The Bertz CT molecular complexity index is 1100. The van der Waals surface area contributed by atoms with Gasteiger partial charge >= 0.3 is 12.2 Å². The number of carbonyl (C=O) groups excluding carboxylic acids is 2. The van der Waals surface area contributed by atoms with Crippen LogP contribution in [-0.2, 0) is 20.3 Å². The Kier molecular flexibility index (Phi) is 4.38. The highest BCUT2D eigenvalue weighted by molar-refractivity contribution is 5.79. The van der Waals surface area contributed by atoms with Gasteiger partial charge in [0, 0.05) is 38.6 Å². The van der Waals surface area contributed by atoms with Crippen LogP contribution in [0.15, 0.2) is 48.5 Å². The average Bonchev–Trinajstić information content (AvgIpc) is 3.58. The first-order valence-corrected chi connectivity index (χ1v) is 11.8. The molecular weight excluding hydrogens is 432 g/mol. The van der Waals surface area contributed by atoms with Crippen LogP contribution in [0.1, 0.15) is 24.0 Å². The van der Waals surface area contributed by atoms with Crippen molar-refractivity contribution < 1.29 is 19.1 Å². The van der Waals surface area contributed by atoms with Gasteiger partial charge in [0.25, 0.3) is 0 Å². The average molecular weight is 463 g/mol. The second kappa shape index (κ2) is 7.04. The molecule has 34 heavy (non-hydrogen) atoms. The van der Waals surface area contributed by atoms with E-state index in [1.165, 1.54) is 25.3 Å². The summed E-state index contributed by atoms with van der Waals surface area (Å²) in [7, 11) is 7.02. The summed E-state index contributed by atoms with van der Waals surface area (Å²) in [4.78, 5) is 34.2. The van der Waals surface area contributed by atoms with Gasteiger partial charge in [0.05, 0.1) is 25.0 Å². The minimum atomic E-state index is -0.430. The van der Waals surface area contributed by atoms with Crippen molar-refractivity contribution in [3.05, 3.63) is 59.7 Å². The van der Waals surface area contributed by atoms with Crippen LogP contribution in [0.2, 0.25) is 0 Å². The standard InChI is InChI=1S/C26H30N4O4/c1-27-19-11-7-5-9-17(19)25(13-15-29(21(25)27)23(31)33-3)26-14-16-30(24(32)34-4)22(26)28(2)20-12-8-6-10-18(20)26/h5-12,21-22H,13-16H2,1-4H3/t21-,22-,25+,26+/m0/s1. The molecule has 2 amide bonds. The molecule has 0 aliphatic carbocycles. The molecule has 0 N–H and O–H groups in total. The van der Waals surface area contributed by atoms with Gasteiger partial charge in [0.2, 0.25) is 0 Å². The Morgan fingerprint density at radius 1 is 0.735 bits per heavy atom. The monoisotopic (exact) mass is 462 g/mol. The zero-order valence-electron chi connectivity index (χ0n) is 20.0. The molecule has 2 aromatic carbocycles. The second-order valence-electron chi connectivity index (χ2n) is 9.77. The molecule has 8 nitrogen and oxygen atoms in total. The third-order valence-electron chi connectivity index (χ3n) is 8.84. The van der Waals surface area contributed by atoms with E-state index in [0.29, 0.717) is 13.1 Å². The van der Waals surface area contributed by atoms with Crippen LogP contribution in [-0.4, -0.2) is 75.7 Å². The van der Waals surface area contributed by atoms with Gasteiger partial charge in [0.1, 0.15) is 12.3 Å². The largest absolute Gasteiger partial charge is 0.453 e. The number of methoxy groups -OCH3 is 2. The van der Waals surface area contributed by atoms with Crippen LogP contribution >= 0.6 is 0 Å². The van der Waals surface area contributed by atoms with Crippen LogP contribution < -0.4 is 9.80 Å². The summed E-state index contributed by atoms with van der Waals surface area (Å²) < 4.78 is 10.5. The van der Waals surface area contributed by atoms with E-state index in [4.69, 9.17) is 9.47 Å². The predicted molar refractivity (Wildman–Crippen MR) is 128 cm³/mol. The third-order valence-corrected chi connectivity index (χ3v) is 8.84. The fourth-order valence-electron chi connectivity index (χ4n) is 7.84. The Labute approximate surface area is 199 Å². The van der Waals surface area contributed by atoms with Gasteiger partial charge in [-0.05, 0) is 36.1 Å². The number of carbonyl (C=O) groups is 2. The first kappa shape index (κ1) is 21.1. The number of amides is 2. The molecular formula is C26H30N4O4. The van der Waals surface area contributed by atoms with E-state index < -0.39 is 10.8 Å². The van der Waals surface area contributed by atoms with Crippen LogP contribution in [0.5, 0.6) is 0 Å². The maximum absolute atomic E-state index is 13.0. The molecule has 4 atom stereocenters. The van der Waals surface area contributed by atoms with Gasteiger partial charge < -0.3 is 19.3 Å². The molecule has 4 heterocycles. The fourth-order valence-corrected chi connectivity index (χ4v) is 7.84. The van der Waals surface area contributed by atoms with Crippen molar-refractivity contribution in [1.82, 2.24) is 9.80 Å². The first-order chi connectivity index (χ1) is 16.4. The number of rotatable bonds is 1. The molecule has 8 heteroatoms. The van der Waals surface area contributed by atoms with E-state index in [1.54, 1.807) is 0 Å². The Hall–Kier alpha value is -3.42. The summed E-state index contributed by atoms with van der Waals surface area (Å²) in [5.74, 6) is 0. The lowest BCUT2D eigenvalue weighted by atomic mass is 9.55. The highest BCUT2D eigenvalue weighted by Gasteiger charge is 2.75. The summed E-state index contributed by atoms with van der Waals surface area (Å²) in [6.07, 6.45) is 0.474. The molecule has 0 unspecified atom stereocenters. The van der Waals surface area contributed by atoms with Crippen LogP contribution in [0.25, 0.3) is 0 Å². The molecule has 4 aliphatic heterocycles.